The highest BCUT2D eigenvalue weighted by Crippen LogP contribution is 2.19. The summed E-state index contributed by atoms with van der Waals surface area (Å²) in [5, 5.41) is 8.14. The Morgan fingerprint density at radius 1 is 1.20 bits per heavy atom. The van der Waals surface area contributed by atoms with E-state index >= 15 is 0 Å². The van der Waals surface area contributed by atoms with Crippen LogP contribution in [0.15, 0.2) is 56.6 Å². The first-order chi connectivity index (χ1) is 14.5. The lowest BCUT2D eigenvalue weighted by Gasteiger charge is -2.35. The van der Waals surface area contributed by atoms with Crippen LogP contribution in [0.25, 0.3) is 11.0 Å². The molecule has 0 aliphatic carbocycles. The van der Waals surface area contributed by atoms with Crippen molar-refractivity contribution in [1.29, 1.82) is 0 Å². The number of hydrogen-bond donors (Lipinski definition) is 1. The predicted molar refractivity (Wildman–Crippen MR) is 114 cm³/mol. The summed E-state index contributed by atoms with van der Waals surface area (Å²) in [6.07, 6.45) is 2.11. The number of para-hydroxylation sites is 1. The molecule has 0 amide bonds. The molecule has 0 bridgehead atoms. The van der Waals surface area contributed by atoms with Crippen molar-refractivity contribution in [2.45, 2.75) is 12.2 Å². The Hall–Kier alpha value is -2.85. The molecule has 1 aliphatic rings. The van der Waals surface area contributed by atoms with Crippen LogP contribution in [0.1, 0.15) is 11.5 Å². The Morgan fingerprint density at radius 3 is 2.70 bits per heavy atom. The zero-order chi connectivity index (χ0) is 21.0. The molecule has 0 saturated carbocycles. The fourth-order valence-electron chi connectivity index (χ4n) is 3.56. The fourth-order valence-corrected chi connectivity index (χ4v) is 4.98. The Kier molecular flexibility index (Phi) is 6.05. The van der Waals surface area contributed by atoms with E-state index in [4.69, 9.17) is 8.94 Å². The Morgan fingerprint density at radius 2 is 2.00 bits per heavy atom. The summed E-state index contributed by atoms with van der Waals surface area (Å²) >= 11 is 0. The zero-order valence-electron chi connectivity index (χ0n) is 16.8. The van der Waals surface area contributed by atoms with Gasteiger partial charge in [0.05, 0.1) is 5.69 Å². The van der Waals surface area contributed by atoms with Crippen LogP contribution in [-0.2, 0) is 22.2 Å². The zero-order valence-corrected chi connectivity index (χ0v) is 17.6. The third-order valence-corrected chi connectivity index (χ3v) is 6.91. The molecule has 0 spiro atoms. The highest BCUT2D eigenvalue weighted by molar-refractivity contribution is 7.88. The van der Waals surface area contributed by atoms with Crippen molar-refractivity contribution >= 4 is 27.0 Å². The van der Waals surface area contributed by atoms with Crippen molar-refractivity contribution in [3.8, 4) is 0 Å². The SMILES string of the molecule is CN=C(NCCc1cc2ccccc2o1)N1CCN(S(=O)(=O)Cc2ccon2)CC1. The van der Waals surface area contributed by atoms with Crippen LogP contribution in [0.3, 0.4) is 0 Å². The number of hydrogen-bond acceptors (Lipinski definition) is 6. The number of aliphatic imine (C=N–C) groups is 1. The maximum atomic E-state index is 12.6. The van der Waals surface area contributed by atoms with Gasteiger partial charge in [-0.05, 0) is 12.1 Å². The van der Waals surface area contributed by atoms with Gasteiger partial charge in [0, 0.05) is 57.6 Å². The van der Waals surface area contributed by atoms with E-state index in [0.717, 1.165) is 29.1 Å². The molecular weight excluding hydrogens is 406 g/mol. The van der Waals surface area contributed by atoms with Crippen molar-refractivity contribution in [3.63, 3.8) is 0 Å². The molecule has 1 saturated heterocycles. The van der Waals surface area contributed by atoms with Gasteiger partial charge in [0.15, 0.2) is 5.96 Å². The van der Waals surface area contributed by atoms with E-state index < -0.39 is 10.0 Å². The number of benzene rings is 1. The highest BCUT2D eigenvalue weighted by atomic mass is 32.2. The van der Waals surface area contributed by atoms with Crippen molar-refractivity contribution in [2.24, 2.45) is 4.99 Å². The summed E-state index contributed by atoms with van der Waals surface area (Å²) in [7, 11) is -1.68. The standard InChI is InChI=1S/C20H25N5O4S/c1-21-20(22-8-6-18-14-16-4-2-3-5-19(16)29-18)24-9-11-25(12-10-24)30(26,27)15-17-7-13-28-23-17/h2-5,7,13-14H,6,8-12,15H2,1H3,(H,21,22). The van der Waals surface area contributed by atoms with Crippen LogP contribution < -0.4 is 5.32 Å². The second-order valence-electron chi connectivity index (χ2n) is 7.11. The number of aromatic nitrogens is 1. The van der Waals surface area contributed by atoms with Gasteiger partial charge in [0.1, 0.15) is 23.4 Å². The molecule has 1 aliphatic heterocycles. The van der Waals surface area contributed by atoms with Gasteiger partial charge in [-0.3, -0.25) is 4.99 Å². The number of piperazine rings is 1. The molecule has 0 unspecified atom stereocenters. The van der Waals surface area contributed by atoms with Crippen LogP contribution >= 0.6 is 0 Å². The summed E-state index contributed by atoms with van der Waals surface area (Å²) in [6.45, 7) is 2.64. The van der Waals surface area contributed by atoms with Crippen LogP contribution in [0.5, 0.6) is 0 Å². The van der Waals surface area contributed by atoms with E-state index in [1.165, 1.54) is 10.6 Å². The Labute approximate surface area is 175 Å². The molecule has 160 valence electrons. The molecule has 1 N–H and O–H groups in total. The van der Waals surface area contributed by atoms with Gasteiger partial charge in [-0.1, -0.05) is 23.4 Å². The largest absolute Gasteiger partial charge is 0.461 e. The summed E-state index contributed by atoms with van der Waals surface area (Å²) in [4.78, 5) is 6.41. The van der Waals surface area contributed by atoms with Crippen LogP contribution in [-0.4, -0.2) is 68.5 Å². The smallest absolute Gasteiger partial charge is 0.220 e. The lowest BCUT2D eigenvalue weighted by atomic mass is 10.2. The second kappa shape index (κ2) is 8.88. The van der Waals surface area contributed by atoms with E-state index in [2.05, 4.69) is 26.4 Å². The quantitative estimate of drug-likeness (QED) is 0.468. The van der Waals surface area contributed by atoms with Gasteiger partial charge >= 0.3 is 0 Å². The van der Waals surface area contributed by atoms with Gasteiger partial charge in [-0.2, -0.15) is 4.31 Å². The highest BCUT2D eigenvalue weighted by Gasteiger charge is 2.28. The number of nitrogens with one attached hydrogen (secondary N) is 1. The summed E-state index contributed by atoms with van der Waals surface area (Å²) < 4.78 is 37.2. The lowest BCUT2D eigenvalue weighted by Crippen LogP contribution is -2.54. The first-order valence-corrected chi connectivity index (χ1v) is 11.5. The number of sulfonamides is 1. The average molecular weight is 432 g/mol. The molecule has 4 rings (SSSR count). The summed E-state index contributed by atoms with van der Waals surface area (Å²) in [5.74, 6) is 1.54. The molecule has 0 atom stereocenters. The minimum absolute atomic E-state index is 0.145. The molecule has 10 heteroatoms. The maximum Gasteiger partial charge on any atom is 0.220 e. The van der Waals surface area contributed by atoms with Gasteiger partial charge in [0.2, 0.25) is 10.0 Å². The second-order valence-corrected chi connectivity index (χ2v) is 9.08. The normalized spacial score (nSPS) is 16.3. The van der Waals surface area contributed by atoms with Gasteiger partial charge in [0.25, 0.3) is 0 Å². The van der Waals surface area contributed by atoms with Crippen LogP contribution in [0.2, 0.25) is 0 Å². The summed E-state index contributed by atoms with van der Waals surface area (Å²) in [6, 6.07) is 11.6. The molecular formula is C20H25N5O4S. The predicted octanol–water partition coefficient (Wildman–Crippen LogP) is 1.69. The van der Waals surface area contributed by atoms with E-state index in [0.29, 0.717) is 38.4 Å². The molecule has 3 aromatic rings. The van der Waals surface area contributed by atoms with Crippen molar-refractivity contribution in [1.82, 2.24) is 19.7 Å². The van der Waals surface area contributed by atoms with Gasteiger partial charge < -0.3 is 19.2 Å². The van der Waals surface area contributed by atoms with Gasteiger partial charge in [-0.25, -0.2) is 8.42 Å². The number of nitrogens with zero attached hydrogens (tertiary/aromatic N) is 4. The molecule has 1 aromatic carbocycles. The average Bonchev–Trinajstić information content (AvgIpc) is 3.40. The molecule has 0 radical (unpaired) electrons. The third kappa shape index (κ3) is 4.65. The Balaban J connectivity index is 1.27. The van der Waals surface area contributed by atoms with E-state index in [1.807, 2.05) is 24.3 Å². The number of furan rings is 1. The monoisotopic (exact) mass is 431 g/mol. The van der Waals surface area contributed by atoms with Crippen molar-refractivity contribution in [2.75, 3.05) is 39.8 Å². The first kappa shape index (κ1) is 20.4. The summed E-state index contributed by atoms with van der Waals surface area (Å²) in [5.41, 5.74) is 1.31. The fraction of sp³-hybridized carbons (Fsp3) is 0.400. The number of guanidine groups is 1. The van der Waals surface area contributed by atoms with Crippen molar-refractivity contribution in [3.05, 3.63) is 54.1 Å². The maximum absolute atomic E-state index is 12.6. The van der Waals surface area contributed by atoms with Crippen LogP contribution in [0.4, 0.5) is 0 Å². The molecule has 1 fully saturated rings. The first-order valence-electron chi connectivity index (χ1n) is 9.85. The van der Waals surface area contributed by atoms with Crippen molar-refractivity contribution < 1.29 is 17.4 Å². The third-order valence-electron chi connectivity index (χ3n) is 5.10. The minimum Gasteiger partial charge on any atom is -0.461 e. The molecule has 2 aromatic heterocycles. The molecule has 3 heterocycles. The van der Waals surface area contributed by atoms with Crippen LogP contribution in [0, 0.1) is 0 Å². The number of fused-ring (bicyclic) bond motifs is 1. The van der Waals surface area contributed by atoms with Gasteiger partial charge in [-0.15, -0.1) is 0 Å². The van der Waals surface area contributed by atoms with E-state index in [1.54, 1.807) is 13.1 Å². The number of rotatable bonds is 6. The topological polar surface area (TPSA) is 104 Å². The Bertz CT molecular complexity index is 1070. The molecule has 9 nitrogen and oxygen atoms in total. The lowest BCUT2D eigenvalue weighted by molar-refractivity contribution is 0.260. The molecule has 30 heavy (non-hydrogen) atoms. The van der Waals surface area contributed by atoms with E-state index in [9.17, 15) is 8.42 Å². The van der Waals surface area contributed by atoms with E-state index in [-0.39, 0.29) is 5.75 Å². The minimum atomic E-state index is -3.42.